The van der Waals surface area contributed by atoms with E-state index in [0.717, 1.165) is 0 Å². The van der Waals surface area contributed by atoms with Gasteiger partial charge in [0.25, 0.3) is 0 Å². The monoisotopic (exact) mass is 188 g/mol. The molecule has 0 atom stereocenters. The molecule has 4 heteroatoms. The third-order valence-corrected chi connectivity index (χ3v) is 1.86. The van der Waals surface area contributed by atoms with E-state index < -0.39 is 0 Å². The van der Waals surface area contributed by atoms with Crippen LogP contribution in [0.1, 0.15) is 16.1 Å². The van der Waals surface area contributed by atoms with Crippen LogP contribution in [0.5, 0.6) is 0 Å². The molecule has 0 aliphatic heterocycles. The first-order valence-corrected chi connectivity index (χ1v) is 4.07. The third-order valence-electron chi connectivity index (χ3n) is 1.86. The molecule has 2 aromatic rings. The number of ketones is 1. The summed E-state index contributed by atoms with van der Waals surface area (Å²) in [6.07, 6.45) is 2.58. The minimum absolute atomic E-state index is 0.197. The Bertz CT molecular complexity index is 449. The van der Waals surface area contributed by atoms with E-state index in [1.54, 1.807) is 24.3 Å². The molecule has 0 saturated heterocycles. The Labute approximate surface area is 80.4 Å². The van der Waals surface area contributed by atoms with Gasteiger partial charge in [0.1, 0.15) is 0 Å². The van der Waals surface area contributed by atoms with Gasteiger partial charge in [-0.15, -0.1) is 0 Å². The van der Waals surface area contributed by atoms with Gasteiger partial charge < -0.3 is 10.2 Å². The van der Waals surface area contributed by atoms with Crippen LogP contribution in [0, 0.1) is 0 Å². The molecular formula is C10H8N2O2. The fourth-order valence-corrected chi connectivity index (χ4v) is 1.16. The maximum absolute atomic E-state index is 11.7. The summed E-state index contributed by atoms with van der Waals surface area (Å²) in [4.78, 5) is 15.4. The van der Waals surface area contributed by atoms with Crippen LogP contribution in [-0.4, -0.2) is 10.8 Å². The van der Waals surface area contributed by atoms with Gasteiger partial charge in [0.2, 0.25) is 5.78 Å². The molecule has 2 N–H and O–H groups in total. The summed E-state index contributed by atoms with van der Waals surface area (Å²) >= 11 is 0. The first kappa shape index (κ1) is 8.50. The highest BCUT2D eigenvalue weighted by Gasteiger charge is 2.14. The Morgan fingerprint density at radius 2 is 2.14 bits per heavy atom. The molecule has 0 aliphatic rings. The SMILES string of the molecule is Nc1ccccc1C(=O)c1cnco1. The second-order valence-corrected chi connectivity index (χ2v) is 2.78. The first-order valence-electron chi connectivity index (χ1n) is 4.07. The number of hydrogen-bond acceptors (Lipinski definition) is 4. The van der Waals surface area contributed by atoms with Gasteiger partial charge in [-0.2, -0.15) is 0 Å². The number of carbonyl (C=O) groups is 1. The maximum Gasteiger partial charge on any atom is 0.231 e. The van der Waals surface area contributed by atoms with Crippen LogP contribution in [0.3, 0.4) is 0 Å². The summed E-state index contributed by atoms with van der Waals surface area (Å²) in [5.74, 6) is -0.0523. The quantitative estimate of drug-likeness (QED) is 0.572. The molecule has 0 bridgehead atoms. The summed E-state index contributed by atoms with van der Waals surface area (Å²) in [6, 6.07) is 6.84. The highest BCUT2D eigenvalue weighted by atomic mass is 16.3. The second kappa shape index (κ2) is 3.33. The van der Waals surface area contributed by atoms with Crippen molar-refractivity contribution in [2.75, 3.05) is 5.73 Å². The molecule has 0 aliphatic carbocycles. The normalized spacial score (nSPS) is 10.0. The van der Waals surface area contributed by atoms with Crippen molar-refractivity contribution in [1.29, 1.82) is 0 Å². The standard InChI is InChI=1S/C10H8N2O2/c11-8-4-2-1-3-7(8)10(13)9-5-12-6-14-9/h1-6H,11H2. The number of anilines is 1. The molecular weight excluding hydrogens is 180 g/mol. The zero-order valence-electron chi connectivity index (χ0n) is 7.31. The number of benzene rings is 1. The van der Waals surface area contributed by atoms with Crippen molar-refractivity contribution in [3.63, 3.8) is 0 Å². The van der Waals surface area contributed by atoms with E-state index >= 15 is 0 Å². The number of para-hydroxylation sites is 1. The van der Waals surface area contributed by atoms with E-state index in [1.807, 2.05) is 0 Å². The Morgan fingerprint density at radius 3 is 2.79 bits per heavy atom. The van der Waals surface area contributed by atoms with Crippen molar-refractivity contribution in [1.82, 2.24) is 4.98 Å². The number of oxazole rings is 1. The number of hydrogen-bond donors (Lipinski definition) is 1. The third kappa shape index (κ3) is 1.37. The van der Waals surface area contributed by atoms with E-state index in [4.69, 9.17) is 10.2 Å². The zero-order valence-corrected chi connectivity index (χ0v) is 7.31. The molecule has 0 fully saturated rings. The molecule has 14 heavy (non-hydrogen) atoms. The van der Waals surface area contributed by atoms with Crippen LogP contribution in [-0.2, 0) is 0 Å². The Balaban J connectivity index is 2.42. The second-order valence-electron chi connectivity index (χ2n) is 2.78. The van der Waals surface area contributed by atoms with Crippen molar-refractivity contribution in [3.8, 4) is 0 Å². The lowest BCUT2D eigenvalue weighted by Gasteiger charge is -2.00. The van der Waals surface area contributed by atoms with Crippen LogP contribution >= 0.6 is 0 Å². The van der Waals surface area contributed by atoms with E-state index in [9.17, 15) is 4.79 Å². The molecule has 0 spiro atoms. The van der Waals surface area contributed by atoms with E-state index in [0.29, 0.717) is 11.3 Å². The van der Waals surface area contributed by atoms with Gasteiger partial charge in [-0.05, 0) is 12.1 Å². The van der Waals surface area contributed by atoms with Crippen LogP contribution < -0.4 is 5.73 Å². The Hall–Kier alpha value is -2.10. The lowest BCUT2D eigenvalue weighted by Crippen LogP contribution is -2.03. The molecule has 2 rings (SSSR count). The number of nitrogens with zero attached hydrogens (tertiary/aromatic N) is 1. The topological polar surface area (TPSA) is 69.1 Å². The summed E-state index contributed by atoms with van der Waals surface area (Å²) in [7, 11) is 0. The van der Waals surface area contributed by atoms with Crippen LogP contribution in [0.2, 0.25) is 0 Å². The Kier molecular flexibility index (Phi) is 2.02. The van der Waals surface area contributed by atoms with E-state index in [-0.39, 0.29) is 11.5 Å². The molecule has 0 unspecified atom stereocenters. The molecule has 0 radical (unpaired) electrons. The zero-order chi connectivity index (χ0) is 9.97. The lowest BCUT2D eigenvalue weighted by atomic mass is 10.1. The van der Waals surface area contributed by atoms with Gasteiger partial charge in [-0.25, -0.2) is 4.98 Å². The summed E-state index contributed by atoms with van der Waals surface area (Å²) in [6.45, 7) is 0. The first-order chi connectivity index (χ1) is 6.79. The smallest absolute Gasteiger partial charge is 0.231 e. The number of aromatic nitrogens is 1. The average molecular weight is 188 g/mol. The highest BCUT2D eigenvalue weighted by molar-refractivity contribution is 6.10. The van der Waals surface area contributed by atoms with Crippen LogP contribution in [0.4, 0.5) is 5.69 Å². The van der Waals surface area contributed by atoms with Crippen molar-refractivity contribution < 1.29 is 9.21 Å². The number of nitrogens with two attached hydrogens (primary N) is 1. The van der Waals surface area contributed by atoms with Gasteiger partial charge in [-0.3, -0.25) is 4.79 Å². The van der Waals surface area contributed by atoms with Crippen molar-refractivity contribution in [2.45, 2.75) is 0 Å². The number of rotatable bonds is 2. The summed E-state index contributed by atoms with van der Waals surface area (Å²) in [5.41, 5.74) is 6.52. The molecule has 1 aromatic carbocycles. The van der Waals surface area contributed by atoms with Crippen molar-refractivity contribution in [3.05, 3.63) is 48.2 Å². The van der Waals surface area contributed by atoms with Crippen molar-refractivity contribution in [2.24, 2.45) is 0 Å². The Morgan fingerprint density at radius 1 is 1.36 bits per heavy atom. The van der Waals surface area contributed by atoms with Gasteiger partial charge >= 0.3 is 0 Å². The lowest BCUT2D eigenvalue weighted by molar-refractivity contribution is 0.101. The predicted molar refractivity (Wildman–Crippen MR) is 50.8 cm³/mol. The van der Waals surface area contributed by atoms with Crippen LogP contribution in [0.15, 0.2) is 41.3 Å². The van der Waals surface area contributed by atoms with E-state index in [1.165, 1.54) is 12.6 Å². The summed E-state index contributed by atoms with van der Waals surface area (Å²) in [5, 5.41) is 0. The number of nitrogen functional groups attached to an aromatic ring is 1. The van der Waals surface area contributed by atoms with Crippen LogP contribution in [0.25, 0.3) is 0 Å². The van der Waals surface area contributed by atoms with E-state index in [2.05, 4.69) is 4.98 Å². The van der Waals surface area contributed by atoms with Gasteiger partial charge in [-0.1, -0.05) is 12.1 Å². The largest absolute Gasteiger partial charge is 0.440 e. The van der Waals surface area contributed by atoms with Gasteiger partial charge in [0.15, 0.2) is 12.2 Å². The molecule has 1 heterocycles. The molecule has 1 aromatic heterocycles. The van der Waals surface area contributed by atoms with Gasteiger partial charge in [0, 0.05) is 11.3 Å². The molecule has 4 nitrogen and oxygen atoms in total. The fraction of sp³-hybridized carbons (Fsp3) is 0. The molecule has 70 valence electrons. The highest BCUT2D eigenvalue weighted by Crippen LogP contribution is 2.15. The average Bonchev–Trinajstić information content (AvgIpc) is 2.70. The minimum Gasteiger partial charge on any atom is -0.440 e. The minimum atomic E-state index is -0.249. The maximum atomic E-state index is 11.7. The summed E-state index contributed by atoms with van der Waals surface area (Å²) < 4.78 is 4.89. The molecule has 0 amide bonds. The number of carbonyl (C=O) groups excluding carboxylic acids is 1. The fourth-order valence-electron chi connectivity index (χ4n) is 1.16. The predicted octanol–water partition coefficient (Wildman–Crippen LogP) is 1.49. The van der Waals surface area contributed by atoms with Crippen molar-refractivity contribution >= 4 is 11.5 Å². The molecule has 0 saturated carbocycles. The van der Waals surface area contributed by atoms with Gasteiger partial charge in [0.05, 0.1) is 6.20 Å².